The molecule has 0 aliphatic rings. The normalized spacial score (nSPS) is 11.1. The second-order valence-electron chi connectivity index (χ2n) is 5.48. The van der Waals surface area contributed by atoms with Crippen LogP contribution in [0.5, 0.6) is 0 Å². The summed E-state index contributed by atoms with van der Waals surface area (Å²) >= 11 is 7.53. The van der Waals surface area contributed by atoms with Crippen LogP contribution in [0, 0.1) is 5.92 Å². The Morgan fingerprint density at radius 1 is 1.29 bits per heavy atom. The van der Waals surface area contributed by atoms with E-state index in [2.05, 4.69) is 29.1 Å². The van der Waals surface area contributed by atoms with Crippen LogP contribution in [0.15, 0.2) is 24.5 Å². The first-order valence-electron chi connectivity index (χ1n) is 7.01. The average Bonchev–Trinajstić information content (AvgIpc) is 2.84. The third kappa shape index (κ3) is 5.26. The van der Waals surface area contributed by atoms with Crippen LogP contribution in [0.25, 0.3) is 0 Å². The lowest BCUT2D eigenvalue weighted by atomic mass is 10.2. The minimum atomic E-state index is 0.647. The molecule has 0 radical (unpaired) electrons. The largest absolute Gasteiger partial charge is 0.339 e. The fourth-order valence-electron chi connectivity index (χ4n) is 1.88. The summed E-state index contributed by atoms with van der Waals surface area (Å²) in [5, 5.41) is 3.39. The van der Waals surface area contributed by atoms with Crippen LogP contribution in [0.2, 0.25) is 4.34 Å². The number of hydrogen-bond donors (Lipinski definition) is 1. The molecule has 0 atom stereocenters. The van der Waals surface area contributed by atoms with E-state index in [1.54, 1.807) is 11.3 Å². The Balaban J connectivity index is 1.88. The van der Waals surface area contributed by atoms with Gasteiger partial charge >= 0.3 is 0 Å². The molecular weight excluding hydrogens is 304 g/mol. The first-order valence-corrected chi connectivity index (χ1v) is 8.21. The molecule has 0 unspecified atom stereocenters. The van der Waals surface area contributed by atoms with Crippen molar-refractivity contribution in [2.75, 3.05) is 18.5 Å². The summed E-state index contributed by atoms with van der Waals surface area (Å²) in [6.07, 6.45) is 3.77. The summed E-state index contributed by atoms with van der Waals surface area (Å²) in [4.78, 5) is 12.1. The number of nitrogens with zero attached hydrogens (tertiary/aromatic N) is 3. The highest BCUT2D eigenvalue weighted by molar-refractivity contribution is 7.16. The maximum Gasteiger partial charge on any atom is 0.225 e. The summed E-state index contributed by atoms with van der Waals surface area (Å²) in [5.41, 5.74) is 1.10. The van der Waals surface area contributed by atoms with E-state index >= 15 is 0 Å². The van der Waals surface area contributed by atoms with Gasteiger partial charge in [-0.15, -0.1) is 11.3 Å². The molecule has 0 fully saturated rings. The van der Waals surface area contributed by atoms with Gasteiger partial charge in [0.05, 0.1) is 10.9 Å². The number of rotatable bonds is 7. The Morgan fingerprint density at radius 3 is 2.57 bits per heavy atom. The minimum absolute atomic E-state index is 0.647. The van der Waals surface area contributed by atoms with Gasteiger partial charge in [0.1, 0.15) is 0 Å². The number of hydrogen-bond acceptors (Lipinski definition) is 5. The van der Waals surface area contributed by atoms with Crippen LogP contribution >= 0.6 is 22.9 Å². The number of halogens is 1. The molecule has 2 aromatic rings. The first-order chi connectivity index (χ1) is 10.0. The maximum atomic E-state index is 5.94. The predicted octanol–water partition coefficient (Wildman–Crippen LogP) is 3.57. The van der Waals surface area contributed by atoms with E-state index in [-0.39, 0.29) is 0 Å². The fraction of sp³-hybridized carbons (Fsp3) is 0.467. The second-order valence-corrected chi connectivity index (χ2v) is 7.28. The zero-order valence-electron chi connectivity index (χ0n) is 12.6. The standard InChI is InChI=1S/C15H21ClN4S/c1-11(2)6-17-7-12-8-18-15(19-9-12)20(3)10-13-4-5-14(16)21-13/h4-5,8-9,11,17H,6-7,10H2,1-3H3. The molecule has 0 aliphatic heterocycles. The highest BCUT2D eigenvalue weighted by Gasteiger charge is 2.07. The summed E-state index contributed by atoms with van der Waals surface area (Å²) in [7, 11) is 1.99. The zero-order valence-corrected chi connectivity index (χ0v) is 14.2. The average molecular weight is 325 g/mol. The Hall–Kier alpha value is -1.17. The van der Waals surface area contributed by atoms with E-state index in [4.69, 9.17) is 11.6 Å². The summed E-state index contributed by atoms with van der Waals surface area (Å²) in [6.45, 7) is 6.96. The molecule has 114 valence electrons. The third-order valence-electron chi connectivity index (χ3n) is 2.94. The highest BCUT2D eigenvalue weighted by atomic mass is 35.5. The number of nitrogens with one attached hydrogen (secondary N) is 1. The molecule has 2 heterocycles. The van der Waals surface area contributed by atoms with E-state index in [0.29, 0.717) is 5.92 Å². The summed E-state index contributed by atoms with van der Waals surface area (Å²) < 4.78 is 0.811. The molecule has 21 heavy (non-hydrogen) atoms. The molecule has 2 rings (SSSR count). The molecule has 0 spiro atoms. The molecule has 0 saturated heterocycles. The van der Waals surface area contributed by atoms with Gasteiger partial charge in [0.15, 0.2) is 0 Å². The molecule has 0 aromatic carbocycles. The van der Waals surface area contributed by atoms with Gasteiger partial charge < -0.3 is 10.2 Å². The Labute approximate surface area is 135 Å². The van der Waals surface area contributed by atoms with Crippen molar-refractivity contribution in [3.63, 3.8) is 0 Å². The van der Waals surface area contributed by atoms with Gasteiger partial charge in [-0.2, -0.15) is 0 Å². The molecule has 1 N–H and O–H groups in total. The van der Waals surface area contributed by atoms with Crippen molar-refractivity contribution in [2.24, 2.45) is 5.92 Å². The second kappa shape index (κ2) is 7.73. The molecule has 0 saturated carbocycles. The smallest absolute Gasteiger partial charge is 0.225 e. The lowest BCUT2D eigenvalue weighted by Gasteiger charge is -2.16. The van der Waals surface area contributed by atoms with Crippen molar-refractivity contribution in [1.82, 2.24) is 15.3 Å². The van der Waals surface area contributed by atoms with E-state index in [9.17, 15) is 0 Å². The van der Waals surface area contributed by atoms with Gasteiger partial charge in [0.2, 0.25) is 5.95 Å². The van der Waals surface area contributed by atoms with Crippen molar-refractivity contribution in [3.05, 3.63) is 39.3 Å². The zero-order chi connectivity index (χ0) is 15.2. The molecule has 0 amide bonds. The monoisotopic (exact) mass is 324 g/mol. The van der Waals surface area contributed by atoms with E-state index in [1.165, 1.54) is 4.88 Å². The van der Waals surface area contributed by atoms with Gasteiger partial charge in [-0.1, -0.05) is 25.4 Å². The molecular formula is C15H21ClN4S. The summed E-state index contributed by atoms with van der Waals surface area (Å²) in [6, 6.07) is 3.95. The van der Waals surface area contributed by atoms with Crippen molar-refractivity contribution in [3.8, 4) is 0 Å². The summed E-state index contributed by atoms with van der Waals surface area (Å²) in [5.74, 6) is 1.38. The maximum absolute atomic E-state index is 5.94. The number of thiophene rings is 1. The van der Waals surface area contributed by atoms with Crippen LogP contribution in [-0.4, -0.2) is 23.6 Å². The quantitative estimate of drug-likeness (QED) is 0.845. The van der Waals surface area contributed by atoms with Gasteiger partial charge in [-0.05, 0) is 24.6 Å². The molecule has 0 bridgehead atoms. The SMILES string of the molecule is CC(C)CNCc1cnc(N(C)Cc2ccc(Cl)s2)nc1. The third-order valence-corrected chi connectivity index (χ3v) is 4.15. The lowest BCUT2D eigenvalue weighted by molar-refractivity contribution is 0.551. The first kappa shape index (κ1) is 16.2. The lowest BCUT2D eigenvalue weighted by Crippen LogP contribution is -2.21. The van der Waals surface area contributed by atoms with E-state index < -0.39 is 0 Å². The highest BCUT2D eigenvalue weighted by Crippen LogP contribution is 2.23. The van der Waals surface area contributed by atoms with Crippen molar-refractivity contribution in [1.29, 1.82) is 0 Å². The molecule has 0 aliphatic carbocycles. The topological polar surface area (TPSA) is 41.1 Å². The van der Waals surface area contributed by atoms with Crippen molar-refractivity contribution < 1.29 is 0 Å². The Morgan fingerprint density at radius 2 is 2.00 bits per heavy atom. The number of anilines is 1. The van der Waals surface area contributed by atoms with Gasteiger partial charge in [0.25, 0.3) is 0 Å². The Bertz CT molecular complexity index is 553. The van der Waals surface area contributed by atoms with Gasteiger partial charge in [-0.3, -0.25) is 0 Å². The van der Waals surface area contributed by atoms with E-state index in [0.717, 1.165) is 35.5 Å². The molecule has 6 heteroatoms. The minimum Gasteiger partial charge on any atom is -0.339 e. The molecule has 4 nitrogen and oxygen atoms in total. The van der Waals surface area contributed by atoms with E-state index in [1.807, 2.05) is 36.5 Å². The number of aromatic nitrogens is 2. The fourth-order valence-corrected chi connectivity index (χ4v) is 3.02. The van der Waals surface area contributed by atoms with Crippen molar-refractivity contribution in [2.45, 2.75) is 26.9 Å². The van der Waals surface area contributed by atoms with Crippen LogP contribution in [0.1, 0.15) is 24.3 Å². The molecule has 2 aromatic heterocycles. The Kier molecular flexibility index (Phi) is 5.96. The van der Waals surface area contributed by atoms with Gasteiger partial charge in [0, 0.05) is 36.4 Å². The van der Waals surface area contributed by atoms with Crippen LogP contribution in [0.3, 0.4) is 0 Å². The van der Waals surface area contributed by atoms with Crippen LogP contribution in [0.4, 0.5) is 5.95 Å². The van der Waals surface area contributed by atoms with Crippen molar-refractivity contribution >= 4 is 28.9 Å². The predicted molar refractivity (Wildman–Crippen MR) is 90.0 cm³/mol. The van der Waals surface area contributed by atoms with Crippen LogP contribution in [-0.2, 0) is 13.1 Å². The van der Waals surface area contributed by atoms with Gasteiger partial charge in [-0.25, -0.2) is 9.97 Å². The van der Waals surface area contributed by atoms with Crippen LogP contribution < -0.4 is 10.2 Å².